The molecule has 7 nitrogen and oxygen atoms in total. The van der Waals surface area contributed by atoms with Crippen LogP contribution in [-0.2, 0) is 4.79 Å². The number of carbonyl (C=O) groups is 2. The Morgan fingerprint density at radius 3 is 2.42 bits per heavy atom. The van der Waals surface area contributed by atoms with Crippen molar-refractivity contribution in [3.8, 4) is 5.75 Å². The summed E-state index contributed by atoms with van der Waals surface area (Å²) >= 11 is 0. The van der Waals surface area contributed by atoms with Gasteiger partial charge in [0.2, 0.25) is 0 Å². The third-order valence-electron chi connectivity index (χ3n) is 2.93. The molecule has 0 aliphatic carbocycles. The molecule has 24 heavy (non-hydrogen) atoms. The number of nitrogens with zero attached hydrogens (tertiary/aromatic N) is 1. The zero-order valence-corrected chi connectivity index (χ0v) is 13.0. The Bertz CT molecular complexity index is 725. The Balaban J connectivity index is 1.81. The average molecular weight is 327 g/mol. The predicted octanol–water partition coefficient (Wildman–Crippen LogP) is 2.61. The van der Waals surface area contributed by atoms with E-state index < -0.39 is 18.6 Å². The molecule has 2 aromatic rings. The van der Waals surface area contributed by atoms with Crippen molar-refractivity contribution < 1.29 is 19.4 Å². The highest BCUT2D eigenvalue weighted by molar-refractivity contribution is 5.90. The molecule has 0 atom stereocenters. The lowest BCUT2D eigenvalue weighted by Crippen LogP contribution is -2.24. The van der Waals surface area contributed by atoms with E-state index in [9.17, 15) is 9.59 Å². The summed E-state index contributed by atoms with van der Waals surface area (Å²) in [6.45, 7) is 1.57. The van der Waals surface area contributed by atoms with Gasteiger partial charge in [-0.25, -0.2) is 15.0 Å². The number of benzene rings is 2. The van der Waals surface area contributed by atoms with E-state index in [0.717, 1.165) is 11.1 Å². The fourth-order valence-corrected chi connectivity index (χ4v) is 1.76. The lowest BCUT2D eigenvalue weighted by atomic mass is 10.2. The van der Waals surface area contributed by atoms with E-state index in [1.807, 2.05) is 19.1 Å². The van der Waals surface area contributed by atoms with Crippen molar-refractivity contribution in [2.24, 2.45) is 5.10 Å². The van der Waals surface area contributed by atoms with E-state index in [1.54, 1.807) is 36.4 Å². The van der Waals surface area contributed by atoms with Gasteiger partial charge in [-0.3, -0.25) is 0 Å². The molecule has 124 valence electrons. The van der Waals surface area contributed by atoms with E-state index in [4.69, 9.17) is 9.84 Å². The zero-order valence-electron chi connectivity index (χ0n) is 13.0. The summed E-state index contributed by atoms with van der Waals surface area (Å²) in [7, 11) is 0. The van der Waals surface area contributed by atoms with Crippen molar-refractivity contribution in [1.82, 2.24) is 5.43 Å². The molecule has 0 aromatic heterocycles. The van der Waals surface area contributed by atoms with E-state index in [2.05, 4.69) is 15.8 Å². The van der Waals surface area contributed by atoms with Crippen molar-refractivity contribution in [2.75, 3.05) is 11.9 Å². The number of carboxylic acids is 1. The van der Waals surface area contributed by atoms with Gasteiger partial charge < -0.3 is 15.2 Å². The highest BCUT2D eigenvalue weighted by Crippen LogP contribution is 2.11. The van der Waals surface area contributed by atoms with Crippen molar-refractivity contribution in [3.05, 3.63) is 59.7 Å². The minimum atomic E-state index is -1.04. The second-order valence-electron chi connectivity index (χ2n) is 4.94. The van der Waals surface area contributed by atoms with E-state index in [1.165, 1.54) is 6.21 Å². The number of hydrogen-bond acceptors (Lipinski definition) is 4. The summed E-state index contributed by atoms with van der Waals surface area (Å²) in [5, 5.41) is 15.0. The molecule has 7 heteroatoms. The molecule has 3 N–H and O–H groups in total. The van der Waals surface area contributed by atoms with Gasteiger partial charge in [-0.15, -0.1) is 0 Å². The number of aliphatic carboxylic acids is 1. The van der Waals surface area contributed by atoms with Crippen molar-refractivity contribution in [1.29, 1.82) is 0 Å². The third kappa shape index (κ3) is 5.80. The van der Waals surface area contributed by atoms with Crippen molar-refractivity contribution in [3.63, 3.8) is 0 Å². The van der Waals surface area contributed by atoms with Gasteiger partial charge >= 0.3 is 12.0 Å². The number of hydrazone groups is 1. The molecule has 0 bridgehead atoms. The van der Waals surface area contributed by atoms with Crippen LogP contribution in [0.15, 0.2) is 53.6 Å². The fourth-order valence-electron chi connectivity index (χ4n) is 1.76. The third-order valence-corrected chi connectivity index (χ3v) is 2.93. The largest absolute Gasteiger partial charge is 0.482 e. The van der Waals surface area contributed by atoms with Crippen LogP contribution in [0.4, 0.5) is 10.5 Å². The molecule has 0 aliphatic heterocycles. The minimum absolute atomic E-state index is 0.395. The Morgan fingerprint density at radius 2 is 1.79 bits per heavy atom. The molecule has 0 radical (unpaired) electrons. The van der Waals surface area contributed by atoms with Crippen LogP contribution >= 0.6 is 0 Å². The molecule has 2 amide bonds. The van der Waals surface area contributed by atoms with Crippen LogP contribution < -0.4 is 15.5 Å². The molecule has 2 aromatic carbocycles. The van der Waals surface area contributed by atoms with Gasteiger partial charge in [0, 0.05) is 5.69 Å². The fraction of sp³-hybridized carbons (Fsp3) is 0.118. The van der Waals surface area contributed by atoms with Crippen LogP contribution in [-0.4, -0.2) is 29.9 Å². The van der Waals surface area contributed by atoms with Gasteiger partial charge in [-0.2, -0.15) is 5.10 Å². The number of anilines is 1. The van der Waals surface area contributed by atoms with Crippen LogP contribution in [0.5, 0.6) is 5.75 Å². The topological polar surface area (TPSA) is 100 Å². The summed E-state index contributed by atoms with van der Waals surface area (Å²) in [4.78, 5) is 22.1. The first-order valence-electron chi connectivity index (χ1n) is 7.14. The molecule has 0 spiro atoms. The number of carbonyl (C=O) groups excluding carboxylic acids is 1. The van der Waals surface area contributed by atoms with Gasteiger partial charge in [0.25, 0.3) is 0 Å². The highest BCUT2D eigenvalue weighted by Gasteiger charge is 2.00. The number of carboxylic acid groups (broad SMARTS) is 1. The highest BCUT2D eigenvalue weighted by atomic mass is 16.5. The van der Waals surface area contributed by atoms with Gasteiger partial charge in [-0.05, 0) is 48.9 Å². The summed E-state index contributed by atoms with van der Waals surface area (Å²) in [5.41, 5.74) is 4.87. The molecule has 0 aliphatic rings. The van der Waals surface area contributed by atoms with E-state index in [0.29, 0.717) is 11.4 Å². The SMILES string of the molecule is Cc1ccc(NC(=O)N/N=C/c2ccc(OCC(=O)O)cc2)cc1. The van der Waals surface area contributed by atoms with Crippen molar-refractivity contribution in [2.45, 2.75) is 6.92 Å². The van der Waals surface area contributed by atoms with Gasteiger partial charge in [0.1, 0.15) is 5.75 Å². The number of amides is 2. The molecular weight excluding hydrogens is 310 g/mol. The Kier molecular flexibility index (Phi) is 5.90. The molecule has 0 saturated heterocycles. The zero-order chi connectivity index (χ0) is 17.4. The normalized spacial score (nSPS) is 10.4. The lowest BCUT2D eigenvalue weighted by molar-refractivity contribution is -0.139. The predicted molar refractivity (Wildman–Crippen MR) is 90.5 cm³/mol. The second-order valence-corrected chi connectivity index (χ2v) is 4.94. The second kappa shape index (κ2) is 8.33. The lowest BCUT2D eigenvalue weighted by Gasteiger charge is -2.04. The number of aryl methyl sites for hydroxylation is 1. The van der Waals surface area contributed by atoms with Gasteiger partial charge in [0.15, 0.2) is 6.61 Å². The standard InChI is InChI=1S/C17H17N3O4/c1-12-2-6-14(7-3-12)19-17(23)20-18-10-13-4-8-15(9-5-13)24-11-16(21)22/h2-10H,11H2,1H3,(H,21,22)(H2,19,20,23)/b18-10+. The Hall–Kier alpha value is -3.35. The first-order chi connectivity index (χ1) is 11.5. The van der Waals surface area contributed by atoms with Crippen LogP contribution in [0, 0.1) is 6.92 Å². The average Bonchev–Trinajstić information content (AvgIpc) is 2.56. The quantitative estimate of drug-likeness (QED) is 0.561. The number of rotatable bonds is 6. The maximum Gasteiger partial charge on any atom is 0.341 e. The number of ether oxygens (including phenoxy) is 1. The molecule has 2 rings (SSSR count). The first kappa shape index (κ1) is 17.0. The monoisotopic (exact) mass is 327 g/mol. The molecule has 0 saturated carbocycles. The van der Waals surface area contributed by atoms with Gasteiger partial charge in [-0.1, -0.05) is 17.7 Å². The number of urea groups is 1. The van der Waals surface area contributed by atoms with Gasteiger partial charge in [0.05, 0.1) is 6.21 Å². The molecule has 0 heterocycles. The molecular formula is C17H17N3O4. The Labute approximate surface area is 139 Å². The van der Waals surface area contributed by atoms with Crippen LogP contribution in [0.2, 0.25) is 0 Å². The smallest absolute Gasteiger partial charge is 0.341 e. The van der Waals surface area contributed by atoms with Crippen LogP contribution in [0.3, 0.4) is 0 Å². The summed E-state index contributed by atoms with van der Waals surface area (Å²) < 4.78 is 5.02. The Morgan fingerprint density at radius 1 is 1.12 bits per heavy atom. The summed E-state index contributed by atoms with van der Waals surface area (Å²) in [5.74, 6) is -0.593. The number of hydrogen-bond donors (Lipinski definition) is 3. The van der Waals surface area contributed by atoms with Crippen LogP contribution in [0.25, 0.3) is 0 Å². The minimum Gasteiger partial charge on any atom is -0.482 e. The first-order valence-corrected chi connectivity index (χ1v) is 7.14. The summed E-state index contributed by atoms with van der Waals surface area (Å²) in [6.07, 6.45) is 1.47. The van der Waals surface area contributed by atoms with E-state index >= 15 is 0 Å². The molecule has 0 unspecified atom stereocenters. The van der Waals surface area contributed by atoms with Crippen molar-refractivity contribution >= 4 is 23.9 Å². The maximum absolute atomic E-state index is 11.7. The van der Waals surface area contributed by atoms with Crippen LogP contribution in [0.1, 0.15) is 11.1 Å². The maximum atomic E-state index is 11.7. The van der Waals surface area contributed by atoms with E-state index in [-0.39, 0.29) is 0 Å². The summed E-state index contributed by atoms with van der Waals surface area (Å²) in [6, 6.07) is 13.6. The molecule has 0 fully saturated rings. The number of nitrogens with one attached hydrogen (secondary N) is 2.